The van der Waals surface area contributed by atoms with E-state index in [1.165, 1.54) is 93.9 Å². The average Bonchev–Trinajstić information content (AvgIpc) is 1.69. The van der Waals surface area contributed by atoms with Crippen LogP contribution < -0.4 is 18.9 Å². The molecule has 0 aliphatic heterocycles. The molecule has 132 heavy (non-hydrogen) atoms. The molecule has 0 aliphatic carbocycles. The second-order valence-corrected chi connectivity index (χ2v) is 38.1. The number of aromatic nitrogens is 4. The molecule has 3 N–H and O–H groups in total. The van der Waals surface area contributed by atoms with E-state index in [1.807, 2.05) is 157 Å². The van der Waals surface area contributed by atoms with Crippen molar-refractivity contribution in [1.82, 2.24) is 19.9 Å². The summed E-state index contributed by atoms with van der Waals surface area (Å²) in [5.41, 5.74) is 10.7. The van der Waals surface area contributed by atoms with Gasteiger partial charge in [-0.25, -0.2) is 19.9 Å². The number of hydrogen-bond acceptors (Lipinski definition) is 16. The fourth-order valence-electron chi connectivity index (χ4n) is 14.3. The van der Waals surface area contributed by atoms with Crippen LogP contribution in [0.25, 0.3) is 42.3 Å². The lowest BCUT2D eigenvalue weighted by Gasteiger charge is -2.14. The van der Waals surface area contributed by atoms with Gasteiger partial charge in [0.25, 0.3) is 0 Å². The van der Waals surface area contributed by atoms with Crippen LogP contribution in [0.3, 0.4) is 0 Å². The molecule has 12 rings (SSSR count). The fraction of sp³-hybridized carbons (Fsp3) is 0.413. The number of rotatable bonds is 36. The van der Waals surface area contributed by atoms with E-state index in [0.29, 0.717) is 126 Å². The van der Waals surface area contributed by atoms with Gasteiger partial charge in [0.15, 0.2) is 5.78 Å². The van der Waals surface area contributed by atoms with E-state index < -0.39 is 65.3 Å². The summed E-state index contributed by atoms with van der Waals surface area (Å²) < 4.78 is 177. The van der Waals surface area contributed by atoms with Crippen LogP contribution in [0.1, 0.15) is 290 Å². The molecule has 12 nitrogen and oxygen atoms in total. The molecule has 1 unspecified atom stereocenters. The molecule has 0 radical (unpaired) electrons. The zero-order valence-electron chi connectivity index (χ0n) is 77.4. The molecule has 8 aromatic carbocycles. The third-order valence-corrected chi connectivity index (χ3v) is 26.3. The minimum Gasteiger partial charge on any atom is -0.493 e. The normalized spacial score (nSPS) is 12.6. The van der Waals surface area contributed by atoms with E-state index in [4.69, 9.17) is 33.9 Å². The highest BCUT2D eigenvalue weighted by atomic mass is 32.1. The molecule has 0 bridgehead atoms. The molecule has 4 heterocycles. The summed E-state index contributed by atoms with van der Waals surface area (Å²) in [6.45, 7) is 35.0. The van der Waals surface area contributed by atoms with Crippen molar-refractivity contribution in [3.63, 3.8) is 0 Å². The number of halogens is 12. The summed E-state index contributed by atoms with van der Waals surface area (Å²) in [5.74, 6) is 4.00. The first-order valence-corrected chi connectivity index (χ1v) is 47.9. The maximum Gasteiger partial charge on any atom is 0.416 e. The number of carbonyl (C=O) groups is 1. The second-order valence-electron chi connectivity index (χ2n) is 33.8. The van der Waals surface area contributed by atoms with Crippen molar-refractivity contribution >= 4 is 51.1 Å². The number of thiazole rings is 4. The van der Waals surface area contributed by atoms with Crippen molar-refractivity contribution in [2.45, 2.75) is 255 Å². The van der Waals surface area contributed by atoms with Gasteiger partial charge in [0.1, 0.15) is 43.0 Å². The summed E-state index contributed by atoms with van der Waals surface area (Å²) in [4.78, 5) is 35.8. The highest BCUT2D eigenvalue weighted by Gasteiger charge is 2.35. The van der Waals surface area contributed by atoms with Crippen molar-refractivity contribution in [3.8, 4) is 65.3 Å². The number of carbonyl (C=O) groups excluding carboxylic acids is 1. The van der Waals surface area contributed by atoms with E-state index in [-0.39, 0.29) is 29.5 Å². The van der Waals surface area contributed by atoms with E-state index in [1.54, 1.807) is 6.07 Å². The standard InChI is InChI=1S/3C26H30F3NO2S.C26H28F3NO2S/c4*1-5-14-32-22-12-8-19(15-17(22)4)21(31)11-13-23-24(16(2)3)30-25(33-23)18-6-9-20(10-7-18)26(27,28)29/h3*6-10,12,15-16,21,31H,5,11,13-14H2,1-4H3;6-10,12,15-16H,5,11,13-14H2,1-4H3/t2*21-;;/m10../s1. The third kappa shape index (κ3) is 30.1. The first-order chi connectivity index (χ1) is 62.4. The van der Waals surface area contributed by atoms with Crippen LogP contribution in [0.15, 0.2) is 170 Å². The Morgan fingerprint density at radius 3 is 0.742 bits per heavy atom. The number of ether oxygens (including phenoxy) is 4. The summed E-state index contributed by atoms with van der Waals surface area (Å²) in [7, 11) is 0. The summed E-state index contributed by atoms with van der Waals surface area (Å²) in [6, 6.07) is 43.1. The van der Waals surface area contributed by atoms with Gasteiger partial charge in [-0.1, -0.05) is 150 Å². The Bertz CT molecular complexity index is 5250. The molecule has 710 valence electrons. The van der Waals surface area contributed by atoms with Crippen molar-refractivity contribution in [2.24, 2.45) is 0 Å². The number of ketones is 1. The Morgan fingerprint density at radius 1 is 0.318 bits per heavy atom. The molecular formula is C104H118F12N4O8S4. The van der Waals surface area contributed by atoms with Crippen LogP contribution in [0.2, 0.25) is 0 Å². The van der Waals surface area contributed by atoms with Crippen molar-refractivity contribution in [1.29, 1.82) is 0 Å². The first-order valence-electron chi connectivity index (χ1n) is 44.6. The zero-order valence-corrected chi connectivity index (χ0v) is 80.6. The summed E-state index contributed by atoms with van der Waals surface area (Å²) in [5, 5.41) is 35.1. The molecule has 3 atom stereocenters. The highest BCUT2D eigenvalue weighted by Crippen LogP contribution is 2.43. The number of nitrogens with zero attached hydrogens (tertiary/aromatic N) is 4. The molecule has 4 aromatic heterocycles. The van der Waals surface area contributed by atoms with Gasteiger partial charge in [-0.3, -0.25) is 4.79 Å². The van der Waals surface area contributed by atoms with Gasteiger partial charge < -0.3 is 34.3 Å². The minimum atomic E-state index is -4.37. The number of benzene rings is 8. The first kappa shape index (κ1) is 106. The number of Topliss-reactive ketones (excluding diaryl/α,β-unsaturated/α-hetero) is 1. The Hall–Kier alpha value is -9.81. The highest BCUT2D eigenvalue weighted by molar-refractivity contribution is 7.16. The Labute approximate surface area is 783 Å². The minimum absolute atomic E-state index is 0.0410. The smallest absolute Gasteiger partial charge is 0.416 e. The lowest BCUT2D eigenvalue weighted by molar-refractivity contribution is -0.138. The van der Waals surface area contributed by atoms with Crippen LogP contribution >= 0.6 is 45.3 Å². The van der Waals surface area contributed by atoms with E-state index in [2.05, 4.69) is 25.8 Å². The van der Waals surface area contributed by atoms with Gasteiger partial charge in [-0.15, -0.1) is 45.3 Å². The van der Waals surface area contributed by atoms with Crippen LogP contribution in [0.4, 0.5) is 52.7 Å². The SMILES string of the molecule is CCCOc1ccc(C(=O)CCc2sc(-c3ccc(C(F)(F)F)cc3)nc2C(C)C)cc1C.CCCOc1ccc(C(O)CCc2sc(-c3ccc(C(F)(F)F)cc3)nc2C(C)C)cc1C.CCCOc1ccc([C@@H](O)CCc2sc(-c3ccc(C(F)(F)F)cc3)nc2C(C)C)cc1C.CCCOc1ccc([C@H](O)CCc2sc(-c3ccc(C(F)(F)F)cc3)nc2C(C)C)cc1C. The summed E-state index contributed by atoms with van der Waals surface area (Å²) >= 11 is 5.89. The molecule has 0 fully saturated rings. The third-order valence-electron chi connectivity index (χ3n) is 21.5. The van der Waals surface area contributed by atoms with Crippen molar-refractivity contribution in [3.05, 3.63) is 279 Å². The molecular weight excluding hydrogens is 1790 g/mol. The topological polar surface area (TPSA) is 166 Å². The monoisotopic (exact) mass is 1910 g/mol. The molecule has 28 heteroatoms. The summed E-state index contributed by atoms with van der Waals surface area (Å²) in [6.07, 6.45) is -11.2. The van der Waals surface area contributed by atoms with Crippen LogP contribution in [0, 0.1) is 27.7 Å². The molecule has 0 amide bonds. The molecule has 12 aromatic rings. The van der Waals surface area contributed by atoms with Crippen molar-refractivity contribution in [2.75, 3.05) is 26.4 Å². The zero-order chi connectivity index (χ0) is 96.7. The largest absolute Gasteiger partial charge is 0.493 e. The molecule has 0 aliphatic rings. The number of aliphatic hydroxyl groups excluding tert-OH is 3. The van der Waals surface area contributed by atoms with Gasteiger partial charge in [0, 0.05) is 53.7 Å². The van der Waals surface area contributed by atoms with E-state index in [0.717, 1.165) is 178 Å². The predicted octanol–water partition coefficient (Wildman–Crippen LogP) is 31.0. The number of aryl methyl sites for hydroxylation is 8. The van der Waals surface area contributed by atoms with Gasteiger partial charge in [-0.2, -0.15) is 52.7 Å². The van der Waals surface area contributed by atoms with Gasteiger partial charge in [0.2, 0.25) is 0 Å². The van der Waals surface area contributed by atoms with Gasteiger partial charge in [-0.05, 0) is 264 Å². The van der Waals surface area contributed by atoms with Gasteiger partial charge >= 0.3 is 24.7 Å². The number of hydrogen-bond donors (Lipinski definition) is 3. The molecule has 0 saturated carbocycles. The molecule has 0 spiro atoms. The number of aliphatic hydroxyl groups is 3. The van der Waals surface area contributed by atoms with Crippen LogP contribution in [0.5, 0.6) is 23.0 Å². The van der Waals surface area contributed by atoms with E-state index >= 15 is 0 Å². The Morgan fingerprint density at radius 2 is 0.538 bits per heavy atom. The van der Waals surface area contributed by atoms with Crippen molar-refractivity contribution < 1.29 is 91.7 Å². The second kappa shape index (κ2) is 48.4. The number of alkyl halides is 12. The quantitative estimate of drug-likeness (QED) is 0.0252. The van der Waals surface area contributed by atoms with E-state index in [9.17, 15) is 72.8 Å². The Balaban J connectivity index is 0.000000198. The maximum atomic E-state index is 12.9. The van der Waals surface area contributed by atoms with Crippen LogP contribution in [-0.2, 0) is 50.4 Å². The van der Waals surface area contributed by atoms with Crippen LogP contribution in [-0.4, -0.2) is 67.5 Å². The molecule has 0 saturated heterocycles. The van der Waals surface area contributed by atoms with Gasteiger partial charge in [0.05, 0.1) is 89.8 Å². The lowest BCUT2D eigenvalue weighted by atomic mass is 10.00. The fourth-order valence-corrected chi connectivity index (χ4v) is 19.2. The lowest BCUT2D eigenvalue weighted by Crippen LogP contribution is -2.04. The maximum absolute atomic E-state index is 12.9. The average molecular weight is 1910 g/mol. The Kier molecular flexibility index (Phi) is 38.8. The predicted molar refractivity (Wildman–Crippen MR) is 507 cm³/mol.